The van der Waals surface area contributed by atoms with Crippen LogP contribution in [0.15, 0.2) is 0 Å². The van der Waals surface area contributed by atoms with Crippen molar-refractivity contribution < 1.29 is 5.11 Å². The number of nitrogens with zero attached hydrogens (tertiary/aromatic N) is 1. The average molecular weight is 213 g/mol. The van der Waals surface area contributed by atoms with Crippen molar-refractivity contribution in [2.75, 3.05) is 13.6 Å². The monoisotopic (exact) mass is 213 g/mol. The third kappa shape index (κ3) is 4.12. The summed E-state index contributed by atoms with van der Waals surface area (Å²) in [6.45, 7) is 9.61. The Hall–Kier alpha value is -0.0800. The van der Waals surface area contributed by atoms with Crippen LogP contribution >= 0.6 is 0 Å². The smallest absolute Gasteiger partial charge is 0.0600 e. The third-order valence-electron chi connectivity index (χ3n) is 3.75. The van der Waals surface area contributed by atoms with Gasteiger partial charge in [-0.05, 0) is 44.6 Å². The van der Waals surface area contributed by atoms with Crippen LogP contribution in [0, 0.1) is 11.3 Å². The van der Waals surface area contributed by atoms with Crippen LogP contribution in [0.25, 0.3) is 0 Å². The van der Waals surface area contributed by atoms with E-state index in [1.54, 1.807) is 0 Å². The Bertz CT molecular complexity index is 193. The summed E-state index contributed by atoms with van der Waals surface area (Å²) >= 11 is 0. The number of aliphatic hydroxyl groups excluding tert-OH is 1. The quantitative estimate of drug-likeness (QED) is 0.758. The number of aliphatic hydroxyl groups is 1. The predicted molar refractivity (Wildman–Crippen MR) is 64.9 cm³/mol. The van der Waals surface area contributed by atoms with Crippen LogP contribution < -0.4 is 0 Å². The van der Waals surface area contributed by atoms with Gasteiger partial charge in [0.05, 0.1) is 6.10 Å². The first-order valence-electron chi connectivity index (χ1n) is 6.20. The molecule has 0 radical (unpaired) electrons. The fourth-order valence-corrected chi connectivity index (χ4v) is 1.90. The molecule has 2 atom stereocenters. The largest absolute Gasteiger partial charge is 0.393 e. The van der Waals surface area contributed by atoms with Crippen LogP contribution in [0.5, 0.6) is 0 Å². The first-order valence-corrected chi connectivity index (χ1v) is 6.20. The lowest BCUT2D eigenvalue weighted by atomic mass is 9.87. The molecule has 0 saturated heterocycles. The number of hydrogen-bond donors (Lipinski definition) is 1. The van der Waals surface area contributed by atoms with Crippen molar-refractivity contribution in [3.8, 4) is 0 Å². The molecule has 0 aromatic heterocycles. The normalized spacial score (nSPS) is 21.8. The van der Waals surface area contributed by atoms with Gasteiger partial charge in [-0.15, -0.1) is 0 Å². The SMILES string of the molecule is CC(C1CC1)N(C)CCC(O)C(C)(C)C. The maximum atomic E-state index is 9.94. The molecule has 1 rings (SSSR count). The van der Waals surface area contributed by atoms with E-state index in [1.165, 1.54) is 12.8 Å². The molecule has 1 aliphatic rings. The van der Waals surface area contributed by atoms with E-state index in [0.717, 1.165) is 18.9 Å². The lowest BCUT2D eigenvalue weighted by Crippen LogP contribution is -2.36. The van der Waals surface area contributed by atoms with E-state index in [1.807, 2.05) is 0 Å². The van der Waals surface area contributed by atoms with Crippen molar-refractivity contribution in [3.63, 3.8) is 0 Å². The lowest BCUT2D eigenvalue weighted by molar-refractivity contribution is 0.0438. The molecule has 0 aromatic carbocycles. The summed E-state index contributed by atoms with van der Waals surface area (Å²) in [5.41, 5.74) is 0.0175. The minimum Gasteiger partial charge on any atom is -0.393 e. The highest BCUT2D eigenvalue weighted by atomic mass is 16.3. The molecule has 1 saturated carbocycles. The molecule has 0 amide bonds. The summed E-state index contributed by atoms with van der Waals surface area (Å²) in [4.78, 5) is 2.40. The van der Waals surface area contributed by atoms with Crippen LogP contribution in [0.2, 0.25) is 0 Å². The Morgan fingerprint density at radius 2 is 1.87 bits per heavy atom. The van der Waals surface area contributed by atoms with Gasteiger partial charge in [0.25, 0.3) is 0 Å². The van der Waals surface area contributed by atoms with E-state index < -0.39 is 0 Å². The predicted octanol–water partition coefficient (Wildman–Crippen LogP) is 2.51. The molecule has 0 aliphatic heterocycles. The van der Waals surface area contributed by atoms with Gasteiger partial charge >= 0.3 is 0 Å². The summed E-state index contributed by atoms with van der Waals surface area (Å²) < 4.78 is 0. The second-order valence-electron chi connectivity index (χ2n) is 6.23. The molecule has 0 bridgehead atoms. The molecule has 1 aliphatic carbocycles. The zero-order chi connectivity index (χ0) is 11.6. The zero-order valence-corrected chi connectivity index (χ0v) is 11.0. The average Bonchev–Trinajstić information content (AvgIpc) is 2.93. The van der Waals surface area contributed by atoms with E-state index in [2.05, 4.69) is 39.6 Å². The Balaban J connectivity index is 2.23. The Morgan fingerprint density at radius 1 is 1.33 bits per heavy atom. The van der Waals surface area contributed by atoms with Gasteiger partial charge in [0, 0.05) is 12.6 Å². The molecule has 2 heteroatoms. The van der Waals surface area contributed by atoms with E-state index in [4.69, 9.17) is 0 Å². The van der Waals surface area contributed by atoms with Crippen LogP contribution in [-0.4, -0.2) is 35.7 Å². The van der Waals surface area contributed by atoms with Crippen molar-refractivity contribution in [2.24, 2.45) is 11.3 Å². The van der Waals surface area contributed by atoms with Crippen molar-refractivity contribution >= 4 is 0 Å². The van der Waals surface area contributed by atoms with Crippen molar-refractivity contribution in [3.05, 3.63) is 0 Å². The van der Waals surface area contributed by atoms with Gasteiger partial charge in [0.1, 0.15) is 0 Å². The highest BCUT2D eigenvalue weighted by Gasteiger charge is 2.31. The summed E-state index contributed by atoms with van der Waals surface area (Å²) in [7, 11) is 2.18. The van der Waals surface area contributed by atoms with Gasteiger partial charge in [0.2, 0.25) is 0 Å². The van der Waals surface area contributed by atoms with Crippen LogP contribution in [0.4, 0.5) is 0 Å². The van der Waals surface area contributed by atoms with E-state index >= 15 is 0 Å². The molecule has 90 valence electrons. The van der Waals surface area contributed by atoms with Crippen LogP contribution in [0.1, 0.15) is 47.0 Å². The topological polar surface area (TPSA) is 23.5 Å². The molecule has 1 N–H and O–H groups in total. The third-order valence-corrected chi connectivity index (χ3v) is 3.75. The van der Waals surface area contributed by atoms with Gasteiger partial charge in [-0.2, -0.15) is 0 Å². The Kier molecular flexibility index (Phi) is 4.19. The minimum absolute atomic E-state index is 0.0175. The molecule has 1 fully saturated rings. The highest BCUT2D eigenvalue weighted by molar-refractivity contribution is 4.84. The van der Waals surface area contributed by atoms with Crippen molar-refractivity contribution in [1.29, 1.82) is 0 Å². The molecule has 2 nitrogen and oxygen atoms in total. The van der Waals surface area contributed by atoms with E-state index in [-0.39, 0.29) is 11.5 Å². The second-order valence-corrected chi connectivity index (χ2v) is 6.23. The highest BCUT2D eigenvalue weighted by Crippen LogP contribution is 2.34. The maximum Gasteiger partial charge on any atom is 0.0600 e. The maximum absolute atomic E-state index is 9.94. The van der Waals surface area contributed by atoms with Gasteiger partial charge in [-0.3, -0.25) is 0 Å². The Morgan fingerprint density at radius 3 is 2.27 bits per heavy atom. The molecule has 0 spiro atoms. The molecule has 0 heterocycles. The van der Waals surface area contributed by atoms with Gasteiger partial charge < -0.3 is 10.0 Å². The zero-order valence-electron chi connectivity index (χ0n) is 11.0. The lowest BCUT2D eigenvalue weighted by Gasteiger charge is -2.30. The summed E-state index contributed by atoms with van der Waals surface area (Å²) in [6.07, 6.45) is 3.49. The molecular formula is C13H27NO. The first kappa shape index (κ1) is 13.0. The van der Waals surface area contributed by atoms with Gasteiger partial charge in [-0.25, -0.2) is 0 Å². The summed E-state index contributed by atoms with van der Waals surface area (Å²) in [5, 5.41) is 9.94. The second kappa shape index (κ2) is 4.84. The van der Waals surface area contributed by atoms with Gasteiger partial charge in [0.15, 0.2) is 0 Å². The summed E-state index contributed by atoms with van der Waals surface area (Å²) in [6, 6.07) is 0.692. The minimum atomic E-state index is -0.189. The fourth-order valence-electron chi connectivity index (χ4n) is 1.90. The van der Waals surface area contributed by atoms with E-state index in [0.29, 0.717) is 6.04 Å². The van der Waals surface area contributed by atoms with Crippen LogP contribution in [0.3, 0.4) is 0 Å². The molecular weight excluding hydrogens is 186 g/mol. The van der Waals surface area contributed by atoms with Gasteiger partial charge in [-0.1, -0.05) is 20.8 Å². The van der Waals surface area contributed by atoms with E-state index in [9.17, 15) is 5.11 Å². The van der Waals surface area contributed by atoms with Crippen LogP contribution in [-0.2, 0) is 0 Å². The molecule has 15 heavy (non-hydrogen) atoms. The van der Waals surface area contributed by atoms with Crippen molar-refractivity contribution in [2.45, 2.75) is 59.1 Å². The Labute approximate surface area is 94.7 Å². The van der Waals surface area contributed by atoms with Crippen molar-refractivity contribution in [1.82, 2.24) is 4.90 Å². The molecule has 2 unspecified atom stereocenters. The standard InChI is InChI=1S/C13H27NO/c1-10(11-6-7-11)14(5)9-8-12(15)13(2,3)4/h10-12,15H,6-9H2,1-5H3. The number of rotatable bonds is 5. The fraction of sp³-hybridized carbons (Fsp3) is 1.00. The first-order chi connectivity index (χ1) is 6.82. The number of hydrogen-bond acceptors (Lipinski definition) is 2. The summed E-state index contributed by atoms with van der Waals surface area (Å²) in [5.74, 6) is 0.918. The molecule has 0 aromatic rings.